The van der Waals surface area contributed by atoms with E-state index in [9.17, 15) is 9.59 Å². The molecule has 4 heteroatoms. The lowest BCUT2D eigenvalue weighted by atomic mass is 10.1. The molecule has 0 aliphatic heterocycles. The highest BCUT2D eigenvalue weighted by atomic mass is 16.5. The Kier molecular flexibility index (Phi) is 4.45. The van der Waals surface area contributed by atoms with E-state index in [4.69, 9.17) is 4.74 Å². The maximum absolute atomic E-state index is 13.1. The molecule has 3 rings (SSSR count). The lowest BCUT2D eigenvalue weighted by Gasteiger charge is -2.08. The summed E-state index contributed by atoms with van der Waals surface area (Å²) in [5.41, 5.74) is 5.23. The van der Waals surface area contributed by atoms with Crippen LogP contribution in [0.4, 0.5) is 0 Å². The fourth-order valence-corrected chi connectivity index (χ4v) is 3.12. The summed E-state index contributed by atoms with van der Waals surface area (Å²) in [4.78, 5) is 24.9. The molecule has 2 aromatic carbocycles. The first-order valence-electron chi connectivity index (χ1n) is 8.21. The van der Waals surface area contributed by atoms with Crippen molar-refractivity contribution in [3.63, 3.8) is 0 Å². The second-order valence-corrected chi connectivity index (χ2v) is 6.34. The zero-order valence-corrected chi connectivity index (χ0v) is 14.9. The molecule has 25 heavy (non-hydrogen) atoms. The molecule has 1 aromatic heterocycles. The number of rotatable bonds is 3. The molecule has 0 fully saturated rings. The number of carbonyl (C=O) groups is 2. The molecule has 0 bridgehead atoms. The third-order valence-corrected chi connectivity index (χ3v) is 4.54. The molecular formula is C21H21NO3. The second kappa shape index (κ2) is 6.55. The van der Waals surface area contributed by atoms with Crippen LogP contribution in [-0.2, 0) is 16.0 Å². The Hall–Kier alpha value is -2.88. The lowest BCUT2D eigenvalue weighted by Crippen LogP contribution is -2.14. The summed E-state index contributed by atoms with van der Waals surface area (Å²) in [6.45, 7) is 5.86. The van der Waals surface area contributed by atoms with Gasteiger partial charge in [0.1, 0.15) is 0 Å². The zero-order chi connectivity index (χ0) is 18.1. The topological polar surface area (TPSA) is 48.3 Å². The van der Waals surface area contributed by atoms with Gasteiger partial charge in [0.2, 0.25) is 0 Å². The average molecular weight is 335 g/mol. The van der Waals surface area contributed by atoms with E-state index < -0.39 is 0 Å². The minimum Gasteiger partial charge on any atom is -0.469 e. The van der Waals surface area contributed by atoms with Crippen molar-refractivity contribution >= 4 is 22.8 Å². The summed E-state index contributed by atoms with van der Waals surface area (Å²) in [7, 11) is 1.37. The van der Waals surface area contributed by atoms with Crippen LogP contribution in [0.2, 0.25) is 0 Å². The quantitative estimate of drug-likeness (QED) is 0.681. The number of fused-ring (bicyclic) bond motifs is 1. The van der Waals surface area contributed by atoms with Crippen molar-refractivity contribution in [1.82, 2.24) is 4.57 Å². The number of ether oxygens (including phenoxy) is 1. The van der Waals surface area contributed by atoms with Crippen LogP contribution in [0, 0.1) is 20.8 Å². The number of hydrogen-bond acceptors (Lipinski definition) is 3. The molecule has 0 aliphatic rings. The SMILES string of the molecule is COC(=O)Cc1c(C)n(C(=O)c2ccc(C)cc2)c2ccc(C)cc12. The van der Waals surface area contributed by atoms with Gasteiger partial charge < -0.3 is 4.74 Å². The van der Waals surface area contributed by atoms with Crippen LogP contribution in [-0.4, -0.2) is 23.6 Å². The van der Waals surface area contributed by atoms with Gasteiger partial charge in [0.05, 0.1) is 19.0 Å². The van der Waals surface area contributed by atoms with Crippen LogP contribution in [0.25, 0.3) is 10.9 Å². The number of aromatic nitrogens is 1. The molecule has 0 N–H and O–H groups in total. The maximum Gasteiger partial charge on any atom is 0.310 e. The molecule has 1 heterocycles. The first-order chi connectivity index (χ1) is 11.9. The number of methoxy groups -OCH3 is 1. The van der Waals surface area contributed by atoms with Gasteiger partial charge in [-0.3, -0.25) is 14.2 Å². The number of benzene rings is 2. The number of hydrogen-bond donors (Lipinski definition) is 0. The molecule has 3 aromatic rings. The van der Waals surface area contributed by atoms with E-state index >= 15 is 0 Å². The Bertz CT molecular complexity index is 965. The van der Waals surface area contributed by atoms with Crippen LogP contribution >= 0.6 is 0 Å². The second-order valence-electron chi connectivity index (χ2n) is 6.34. The fraction of sp³-hybridized carbons (Fsp3) is 0.238. The van der Waals surface area contributed by atoms with Crippen molar-refractivity contribution < 1.29 is 14.3 Å². The predicted molar refractivity (Wildman–Crippen MR) is 98.0 cm³/mol. The van der Waals surface area contributed by atoms with Gasteiger partial charge in [0.25, 0.3) is 5.91 Å². The van der Waals surface area contributed by atoms with Gasteiger partial charge in [0.15, 0.2) is 0 Å². The monoisotopic (exact) mass is 335 g/mol. The fourth-order valence-electron chi connectivity index (χ4n) is 3.12. The Morgan fingerprint density at radius 3 is 2.24 bits per heavy atom. The Morgan fingerprint density at radius 2 is 1.60 bits per heavy atom. The van der Waals surface area contributed by atoms with Crippen molar-refractivity contribution in [1.29, 1.82) is 0 Å². The molecule has 0 saturated carbocycles. The van der Waals surface area contributed by atoms with Gasteiger partial charge in [-0.15, -0.1) is 0 Å². The van der Waals surface area contributed by atoms with Crippen LogP contribution < -0.4 is 0 Å². The normalized spacial score (nSPS) is 10.9. The van der Waals surface area contributed by atoms with E-state index in [1.165, 1.54) is 7.11 Å². The highest BCUT2D eigenvalue weighted by Crippen LogP contribution is 2.28. The van der Waals surface area contributed by atoms with Gasteiger partial charge >= 0.3 is 5.97 Å². The third kappa shape index (κ3) is 3.07. The van der Waals surface area contributed by atoms with Crippen LogP contribution in [0.1, 0.15) is 32.7 Å². The molecule has 0 saturated heterocycles. The largest absolute Gasteiger partial charge is 0.469 e. The molecule has 0 atom stereocenters. The summed E-state index contributed by atoms with van der Waals surface area (Å²) < 4.78 is 6.51. The third-order valence-electron chi connectivity index (χ3n) is 4.54. The van der Waals surface area contributed by atoms with Crippen LogP contribution in [0.5, 0.6) is 0 Å². The van der Waals surface area contributed by atoms with Crippen LogP contribution in [0.3, 0.4) is 0 Å². The molecular weight excluding hydrogens is 314 g/mol. The van der Waals surface area contributed by atoms with Gasteiger partial charge in [-0.25, -0.2) is 0 Å². The van der Waals surface area contributed by atoms with E-state index in [0.29, 0.717) is 5.56 Å². The van der Waals surface area contributed by atoms with Crippen molar-refractivity contribution in [3.05, 3.63) is 70.4 Å². The maximum atomic E-state index is 13.1. The van der Waals surface area contributed by atoms with Gasteiger partial charge in [-0.2, -0.15) is 0 Å². The van der Waals surface area contributed by atoms with Crippen molar-refractivity contribution in [2.45, 2.75) is 27.2 Å². The molecule has 128 valence electrons. The van der Waals surface area contributed by atoms with Gasteiger partial charge in [-0.1, -0.05) is 29.3 Å². The smallest absolute Gasteiger partial charge is 0.310 e. The number of aryl methyl sites for hydroxylation is 2. The number of esters is 1. The van der Waals surface area contributed by atoms with E-state index in [1.807, 2.05) is 63.2 Å². The predicted octanol–water partition coefficient (Wildman–Crippen LogP) is 3.97. The number of carbonyl (C=O) groups excluding carboxylic acids is 2. The Balaban J connectivity index is 2.21. The summed E-state index contributed by atoms with van der Waals surface area (Å²) in [5, 5.41) is 0.920. The van der Waals surface area contributed by atoms with E-state index in [0.717, 1.165) is 33.3 Å². The summed E-state index contributed by atoms with van der Waals surface area (Å²) >= 11 is 0. The Morgan fingerprint density at radius 1 is 0.960 bits per heavy atom. The molecule has 0 aliphatic carbocycles. The van der Waals surface area contributed by atoms with Crippen molar-refractivity contribution in [3.8, 4) is 0 Å². The van der Waals surface area contributed by atoms with E-state index in [-0.39, 0.29) is 18.3 Å². The lowest BCUT2D eigenvalue weighted by molar-refractivity contribution is -0.139. The minimum atomic E-state index is -0.313. The molecule has 0 unspecified atom stereocenters. The Labute approximate surface area is 147 Å². The van der Waals surface area contributed by atoms with Crippen molar-refractivity contribution in [2.24, 2.45) is 0 Å². The molecule has 0 amide bonds. The zero-order valence-electron chi connectivity index (χ0n) is 14.9. The van der Waals surface area contributed by atoms with Crippen molar-refractivity contribution in [2.75, 3.05) is 7.11 Å². The van der Waals surface area contributed by atoms with E-state index in [1.54, 1.807) is 4.57 Å². The summed E-state index contributed by atoms with van der Waals surface area (Å²) in [6.07, 6.45) is 0.149. The summed E-state index contributed by atoms with van der Waals surface area (Å²) in [5.74, 6) is -0.408. The highest BCUT2D eigenvalue weighted by Gasteiger charge is 2.21. The molecule has 0 spiro atoms. The first kappa shape index (κ1) is 17.0. The number of nitrogens with zero attached hydrogens (tertiary/aromatic N) is 1. The minimum absolute atomic E-state index is 0.0949. The standard InChI is InChI=1S/C21H21NO3/c1-13-5-8-16(9-6-13)21(24)22-15(3)17(12-20(23)25-4)18-11-14(2)7-10-19(18)22/h5-11H,12H2,1-4H3. The van der Waals surface area contributed by atoms with Gasteiger partial charge in [0, 0.05) is 16.6 Å². The average Bonchev–Trinajstić information content (AvgIpc) is 2.86. The molecule has 4 nitrogen and oxygen atoms in total. The molecule has 0 radical (unpaired) electrons. The summed E-state index contributed by atoms with van der Waals surface area (Å²) in [6, 6.07) is 13.4. The van der Waals surface area contributed by atoms with Gasteiger partial charge in [-0.05, 0) is 50.6 Å². The van der Waals surface area contributed by atoms with E-state index in [2.05, 4.69) is 0 Å². The van der Waals surface area contributed by atoms with Crippen LogP contribution in [0.15, 0.2) is 42.5 Å². The highest BCUT2D eigenvalue weighted by molar-refractivity contribution is 6.04. The first-order valence-corrected chi connectivity index (χ1v) is 8.21.